The van der Waals surface area contributed by atoms with E-state index in [-0.39, 0.29) is 11.5 Å². The standard InChI is InChI=1S/C17H24O3/c18-16(7-6-15-5-4-11-19-15)14-8-12-20-17(13-14)9-2-1-3-10-17/h4-5,11,14H,1-3,6-10,12-13H2. The highest BCUT2D eigenvalue weighted by Crippen LogP contribution is 2.41. The molecule has 2 fully saturated rings. The Morgan fingerprint density at radius 1 is 1.30 bits per heavy atom. The van der Waals surface area contributed by atoms with Crippen LogP contribution in [0.5, 0.6) is 0 Å². The van der Waals surface area contributed by atoms with E-state index in [0.29, 0.717) is 12.2 Å². The number of carbonyl (C=O) groups excluding carboxylic acids is 1. The lowest BCUT2D eigenvalue weighted by Crippen LogP contribution is -2.43. The van der Waals surface area contributed by atoms with Crippen LogP contribution in [0.1, 0.15) is 57.1 Å². The van der Waals surface area contributed by atoms with Crippen molar-refractivity contribution < 1.29 is 13.9 Å². The Balaban J connectivity index is 1.54. The smallest absolute Gasteiger partial charge is 0.136 e. The first-order chi connectivity index (χ1) is 9.77. The lowest BCUT2D eigenvalue weighted by Gasteiger charge is -2.43. The van der Waals surface area contributed by atoms with Gasteiger partial charge in [0.25, 0.3) is 0 Å². The molecule has 2 heterocycles. The summed E-state index contributed by atoms with van der Waals surface area (Å²) in [6.07, 6.45) is 11.0. The lowest BCUT2D eigenvalue weighted by atomic mass is 9.74. The summed E-state index contributed by atoms with van der Waals surface area (Å²) in [5.41, 5.74) is 0.0293. The van der Waals surface area contributed by atoms with Crippen LogP contribution in [0, 0.1) is 5.92 Å². The lowest BCUT2D eigenvalue weighted by molar-refractivity contribution is -0.142. The third-order valence-corrected chi connectivity index (χ3v) is 4.91. The van der Waals surface area contributed by atoms with Crippen LogP contribution in [0.25, 0.3) is 0 Å². The number of rotatable bonds is 4. The third-order valence-electron chi connectivity index (χ3n) is 4.91. The molecular weight excluding hydrogens is 252 g/mol. The minimum absolute atomic E-state index is 0.0293. The van der Waals surface area contributed by atoms with E-state index in [1.54, 1.807) is 6.26 Å². The summed E-state index contributed by atoms with van der Waals surface area (Å²) >= 11 is 0. The van der Waals surface area contributed by atoms with Gasteiger partial charge < -0.3 is 9.15 Å². The van der Waals surface area contributed by atoms with Gasteiger partial charge in [0.15, 0.2) is 0 Å². The van der Waals surface area contributed by atoms with E-state index in [2.05, 4.69) is 0 Å². The van der Waals surface area contributed by atoms with Crippen molar-refractivity contribution in [2.45, 2.75) is 63.4 Å². The quantitative estimate of drug-likeness (QED) is 0.837. The molecule has 0 radical (unpaired) electrons. The first-order valence-corrected chi connectivity index (χ1v) is 7.97. The van der Waals surface area contributed by atoms with E-state index in [9.17, 15) is 4.79 Å². The SMILES string of the molecule is O=C(CCc1ccco1)C1CCOC2(CCCCC2)C1. The predicted molar refractivity (Wildman–Crippen MR) is 76.5 cm³/mol. The van der Waals surface area contributed by atoms with Gasteiger partial charge in [-0.1, -0.05) is 19.3 Å². The Hall–Kier alpha value is -1.09. The number of hydrogen-bond acceptors (Lipinski definition) is 3. The molecule has 1 saturated heterocycles. The number of ketones is 1. The van der Waals surface area contributed by atoms with Crippen molar-refractivity contribution in [3.05, 3.63) is 24.2 Å². The second-order valence-electron chi connectivity index (χ2n) is 6.33. The van der Waals surface area contributed by atoms with Crippen molar-refractivity contribution >= 4 is 5.78 Å². The maximum atomic E-state index is 12.4. The van der Waals surface area contributed by atoms with Crippen molar-refractivity contribution in [3.63, 3.8) is 0 Å². The van der Waals surface area contributed by atoms with Gasteiger partial charge in [-0.05, 0) is 37.8 Å². The minimum atomic E-state index is 0.0293. The summed E-state index contributed by atoms with van der Waals surface area (Å²) < 4.78 is 11.4. The van der Waals surface area contributed by atoms with Gasteiger partial charge in [-0.15, -0.1) is 0 Å². The molecule has 1 atom stereocenters. The molecule has 3 nitrogen and oxygen atoms in total. The summed E-state index contributed by atoms with van der Waals surface area (Å²) in [6, 6.07) is 3.82. The fraction of sp³-hybridized carbons (Fsp3) is 0.706. The number of Topliss-reactive ketones (excluding diaryl/α,β-unsaturated/α-hetero) is 1. The molecule has 0 N–H and O–H groups in total. The highest BCUT2D eigenvalue weighted by Gasteiger charge is 2.40. The molecular formula is C17H24O3. The molecule has 1 aromatic heterocycles. The van der Waals surface area contributed by atoms with Crippen LogP contribution in [-0.4, -0.2) is 18.0 Å². The van der Waals surface area contributed by atoms with Crippen LogP contribution >= 0.6 is 0 Å². The normalized spacial score (nSPS) is 25.7. The summed E-state index contributed by atoms with van der Waals surface area (Å²) in [6.45, 7) is 0.761. The van der Waals surface area contributed by atoms with Crippen LogP contribution in [0.4, 0.5) is 0 Å². The molecule has 1 saturated carbocycles. The number of carbonyl (C=O) groups is 1. The van der Waals surface area contributed by atoms with Crippen LogP contribution in [-0.2, 0) is 16.0 Å². The van der Waals surface area contributed by atoms with E-state index in [1.165, 1.54) is 19.3 Å². The number of hydrogen-bond donors (Lipinski definition) is 0. The molecule has 1 aliphatic carbocycles. The van der Waals surface area contributed by atoms with E-state index in [4.69, 9.17) is 9.15 Å². The third kappa shape index (κ3) is 3.14. The summed E-state index contributed by atoms with van der Waals surface area (Å²) in [5.74, 6) is 1.52. The summed E-state index contributed by atoms with van der Waals surface area (Å²) in [5, 5.41) is 0. The predicted octanol–water partition coefficient (Wildman–Crippen LogP) is 3.91. The molecule has 0 aromatic carbocycles. The molecule has 3 heteroatoms. The molecule has 20 heavy (non-hydrogen) atoms. The van der Waals surface area contributed by atoms with Crippen molar-refractivity contribution in [1.82, 2.24) is 0 Å². The van der Waals surface area contributed by atoms with E-state index in [1.807, 2.05) is 12.1 Å². The van der Waals surface area contributed by atoms with E-state index >= 15 is 0 Å². The van der Waals surface area contributed by atoms with Crippen LogP contribution in [0.3, 0.4) is 0 Å². The van der Waals surface area contributed by atoms with Crippen molar-refractivity contribution in [2.75, 3.05) is 6.61 Å². The molecule has 0 amide bonds. The zero-order valence-electron chi connectivity index (χ0n) is 12.1. The monoisotopic (exact) mass is 276 g/mol. The Morgan fingerprint density at radius 3 is 2.90 bits per heavy atom. The molecule has 110 valence electrons. The minimum Gasteiger partial charge on any atom is -0.469 e. The topological polar surface area (TPSA) is 39.4 Å². The fourth-order valence-corrected chi connectivity index (χ4v) is 3.75. The molecule has 1 aliphatic heterocycles. The maximum absolute atomic E-state index is 12.4. The molecule has 0 bridgehead atoms. The average molecular weight is 276 g/mol. The zero-order chi connectivity index (χ0) is 13.8. The van der Waals surface area contributed by atoms with Gasteiger partial charge >= 0.3 is 0 Å². The number of ether oxygens (including phenoxy) is 1. The van der Waals surface area contributed by atoms with Gasteiger partial charge in [-0.25, -0.2) is 0 Å². The molecule has 1 spiro atoms. The first-order valence-electron chi connectivity index (χ1n) is 7.97. The van der Waals surface area contributed by atoms with Gasteiger partial charge in [0, 0.05) is 25.4 Å². The Kier molecular flexibility index (Phi) is 4.25. The average Bonchev–Trinajstić information content (AvgIpc) is 2.99. The van der Waals surface area contributed by atoms with Crippen molar-refractivity contribution in [3.8, 4) is 0 Å². The van der Waals surface area contributed by atoms with Crippen LogP contribution < -0.4 is 0 Å². The molecule has 1 aromatic rings. The number of aryl methyl sites for hydroxylation is 1. The summed E-state index contributed by atoms with van der Waals surface area (Å²) in [7, 11) is 0. The number of furan rings is 1. The Labute approximate surface area is 120 Å². The zero-order valence-corrected chi connectivity index (χ0v) is 12.1. The van der Waals surface area contributed by atoms with E-state index in [0.717, 1.165) is 44.5 Å². The second-order valence-corrected chi connectivity index (χ2v) is 6.33. The van der Waals surface area contributed by atoms with Crippen LogP contribution in [0.15, 0.2) is 22.8 Å². The largest absolute Gasteiger partial charge is 0.469 e. The van der Waals surface area contributed by atoms with Crippen molar-refractivity contribution in [2.24, 2.45) is 5.92 Å². The van der Waals surface area contributed by atoms with Gasteiger partial charge in [-0.2, -0.15) is 0 Å². The van der Waals surface area contributed by atoms with Crippen molar-refractivity contribution in [1.29, 1.82) is 0 Å². The summed E-state index contributed by atoms with van der Waals surface area (Å²) in [4.78, 5) is 12.4. The van der Waals surface area contributed by atoms with Gasteiger partial charge in [0.05, 0.1) is 11.9 Å². The van der Waals surface area contributed by atoms with Gasteiger partial charge in [0.2, 0.25) is 0 Å². The fourth-order valence-electron chi connectivity index (χ4n) is 3.75. The highest BCUT2D eigenvalue weighted by atomic mass is 16.5. The Bertz CT molecular complexity index is 424. The molecule has 2 aliphatic rings. The van der Waals surface area contributed by atoms with E-state index < -0.39 is 0 Å². The van der Waals surface area contributed by atoms with Crippen LogP contribution in [0.2, 0.25) is 0 Å². The van der Waals surface area contributed by atoms with Gasteiger partial charge in [0.1, 0.15) is 11.5 Å². The Morgan fingerprint density at radius 2 is 2.15 bits per heavy atom. The molecule has 3 rings (SSSR count). The highest BCUT2D eigenvalue weighted by molar-refractivity contribution is 5.81. The molecule has 1 unspecified atom stereocenters. The van der Waals surface area contributed by atoms with Gasteiger partial charge in [-0.3, -0.25) is 4.79 Å². The first kappa shape index (κ1) is 13.9. The second kappa shape index (κ2) is 6.13. The maximum Gasteiger partial charge on any atom is 0.136 e.